The van der Waals surface area contributed by atoms with Crippen molar-refractivity contribution in [2.24, 2.45) is 0 Å². The molecule has 0 heterocycles. The zero-order chi connectivity index (χ0) is 11.8. The minimum Gasteiger partial charge on any atom is -0.433 e. The molecule has 0 radical (unpaired) electrons. The molecule has 1 aliphatic carbocycles. The van der Waals surface area contributed by atoms with Gasteiger partial charge in [-0.15, -0.1) is 0 Å². The number of nitrogens with one attached hydrogen (secondary N) is 1. The first-order valence-corrected chi connectivity index (χ1v) is 5.39. The molecule has 2 rings (SSSR count). The second-order valence-corrected chi connectivity index (χ2v) is 4.26. The molecular weight excluding hydrogens is 236 g/mol. The van der Waals surface area contributed by atoms with E-state index >= 15 is 0 Å². The van der Waals surface area contributed by atoms with Gasteiger partial charge in [0.05, 0.1) is 5.02 Å². The van der Waals surface area contributed by atoms with E-state index in [2.05, 4.69) is 10.1 Å². The lowest BCUT2D eigenvalue weighted by Crippen LogP contribution is -2.24. The molecular formula is C11H12ClF2NO. The maximum absolute atomic E-state index is 12.0. The Kier molecular flexibility index (Phi) is 3.04. The van der Waals surface area contributed by atoms with E-state index in [1.54, 1.807) is 12.1 Å². The first kappa shape index (κ1) is 11.6. The Balaban J connectivity index is 2.23. The molecule has 1 aromatic rings. The summed E-state index contributed by atoms with van der Waals surface area (Å²) in [6.07, 6.45) is 2.07. The van der Waals surface area contributed by atoms with E-state index in [1.165, 1.54) is 6.07 Å². The van der Waals surface area contributed by atoms with E-state index in [4.69, 9.17) is 11.6 Å². The minimum absolute atomic E-state index is 0.0207. The van der Waals surface area contributed by atoms with E-state index in [1.807, 2.05) is 7.05 Å². The highest BCUT2D eigenvalue weighted by Crippen LogP contribution is 2.46. The van der Waals surface area contributed by atoms with Crippen LogP contribution in [0.15, 0.2) is 18.2 Å². The van der Waals surface area contributed by atoms with Gasteiger partial charge in [-0.3, -0.25) is 0 Å². The van der Waals surface area contributed by atoms with Crippen LogP contribution in [-0.2, 0) is 5.54 Å². The molecule has 2 nitrogen and oxygen atoms in total. The summed E-state index contributed by atoms with van der Waals surface area (Å²) >= 11 is 5.88. The quantitative estimate of drug-likeness (QED) is 0.883. The maximum Gasteiger partial charge on any atom is 0.387 e. The summed E-state index contributed by atoms with van der Waals surface area (Å²) < 4.78 is 28.3. The van der Waals surface area contributed by atoms with Gasteiger partial charge in [0, 0.05) is 5.54 Å². The number of benzene rings is 1. The van der Waals surface area contributed by atoms with Gasteiger partial charge in [0.1, 0.15) is 5.75 Å². The fourth-order valence-electron chi connectivity index (χ4n) is 1.80. The van der Waals surface area contributed by atoms with Crippen LogP contribution in [0.1, 0.15) is 18.4 Å². The number of halogens is 3. The molecule has 0 aromatic heterocycles. The van der Waals surface area contributed by atoms with Crippen LogP contribution in [0.3, 0.4) is 0 Å². The van der Waals surface area contributed by atoms with Crippen molar-refractivity contribution in [3.05, 3.63) is 28.8 Å². The summed E-state index contributed by atoms with van der Waals surface area (Å²) in [5, 5.41) is 3.43. The van der Waals surface area contributed by atoms with Crippen LogP contribution in [0, 0.1) is 0 Å². The van der Waals surface area contributed by atoms with Gasteiger partial charge in [0.15, 0.2) is 0 Å². The van der Waals surface area contributed by atoms with Crippen molar-refractivity contribution in [1.82, 2.24) is 5.32 Å². The van der Waals surface area contributed by atoms with Crippen molar-refractivity contribution in [2.45, 2.75) is 25.0 Å². The van der Waals surface area contributed by atoms with E-state index in [0.29, 0.717) is 0 Å². The Hall–Kier alpha value is -0.870. The Labute approximate surface area is 97.5 Å². The molecule has 0 unspecified atom stereocenters. The molecule has 88 valence electrons. The van der Waals surface area contributed by atoms with Crippen LogP contribution in [-0.4, -0.2) is 13.7 Å². The van der Waals surface area contributed by atoms with Crippen LogP contribution >= 0.6 is 11.6 Å². The average Bonchev–Trinajstić information content (AvgIpc) is 3.01. The summed E-state index contributed by atoms with van der Waals surface area (Å²) in [6, 6.07) is 4.94. The Bertz CT molecular complexity index is 394. The standard InChI is InChI=1S/C11H12ClF2NO/c1-15-11(4-5-11)7-2-3-9(8(12)6-7)16-10(13)14/h2-3,6,10,15H,4-5H2,1H3. The SMILES string of the molecule is CNC1(c2ccc(OC(F)F)c(Cl)c2)CC1. The topological polar surface area (TPSA) is 21.3 Å². The number of hydrogen-bond donors (Lipinski definition) is 1. The lowest BCUT2D eigenvalue weighted by atomic mass is 10.1. The first-order chi connectivity index (χ1) is 7.57. The van der Waals surface area contributed by atoms with Gasteiger partial charge in [0.2, 0.25) is 0 Å². The first-order valence-electron chi connectivity index (χ1n) is 5.01. The van der Waals surface area contributed by atoms with E-state index in [-0.39, 0.29) is 16.3 Å². The summed E-state index contributed by atoms with van der Waals surface area (Å²) in [6.45, 7) is -2.84. The Morgan fingerprint density at radius 3 is 2.56 bits per heavy atom. The number of hydrogen-bond acceptors (Lipinski definition) is 2. The molecule has 0 amide bonds. The number of rotatable bonds is 4. The van der Waals surface area contributed by atoms with Gasteiger partial charge in [-0.05, 0) is 37.6 Å². The van der Waals surface area contributed by atoms with Gasteiger partial charge in [-0.25, -0.2) is 0 Å². The van der Waals surface area contributed by atoms with Gasteiger partial charge in [0.25, 0.3) is 0 Å². The normalized spacial score (nSPS) is 17.6. The van der Waals surface area contributed by atoms with Crippen molar-refractivity contribution in [3.8, 4) is 5.75 Å². The highest BCUT2D eigenvalue weighted by atomic mass is 35.5. The highest BCUT2D eigenvalue weighted by molar-refractivity contribution is 6.32. The lowest BCUT2D eigenvalue weighted by molar-refractivity contribution is -0.0497. The molecule has 0 spiro atoms. The molecule has 1 N–H and O–H groups in total. The van der Waals surface area contributed by atoms with Gasteiger partial charge >= 0.3 is 6.61 Å². The van der Waals surface area contributed by atoms with Crippen LogP contribution in [0.4, 0.5) is 8.78 Å². The van der Waals surface area contributed by atoms with Crippen LogP contribution in [0.2, 0.25) is 5.02 Å². The van der Waals surface area contributed by atoms with Crippen molar-refractivity contribution < 1.29 is 13.5 Å². The zero-order valence-corrected chi connectivity index (χ0v) is 9.52. The Morgan fingerprint density at radius 1 is 1.44 bits per heavy atom. The number of ether oxygens (including phenoxy) is 1. The van der Waals surface area contributed by atoms with Crippen LogP contribution < -0.4 is 10.1 Å². The van der Waals surface area contributed by atoms with Gasteiger partial charge < -0.3 is 10.1 Å². The third kappa shape index (κ3) is 2.13. The third-order valence-corrected chi connectivity index (χ3v) is 3.22. The van der Waals surface area contributed by atoms with E-state index in [0.717, 1.165) is 18.4 Å². The molecule has 0 bridgehead atoms. The van der Waals surface area contributed by atoms with Crippen molar-refractivity contribution in [2.75, 3.05) is 7.05 Å². The van der Waals surface area contributed by atoms with Crippen LogP contribution in [0.25, 0.3) is 0 Å². The molecule has 0 aliphatic heterocycles. The van der Waals surface area contributed by atoms with Crippen molar-refractivity contribution in [1.29, 1.82) is 0 Å². The monoisotopic (exact) mass is 247 g/mol. The maximum atomic E-state index is 12.0. The molecule has 1 aromatic carbocycles. The van der Waals surface area contributed by atoms with E-state index in [9.17, 15) is 8.78 Å². The molecule has 0 atom stereocenters. The van der Waals surface area contributed by atoms with Gasteiger partial charge in [-0.1, -0.05) is 17.7 Å². The molecule has 16 heavy (non-hydrogen) atoms. The predicted molar refractivity (Wildman–Crippen MR) is 58.1 cm³/mol. The Morgan fingerprint density at radius 2 is 2.12 bits per heavy atom. The second kappa shape index (κ2) is 4.18. The molecule has 1 saturated carbocycles. The summed E-state index contributed by atoms with van der Waals surface area (Å²) in [5.41, 5.74) is 0.995. The molecule has 5 heteroatoms. The smallest absolute Gasteiger partial charge is 0.387 e. The van der Waals surface area contributed by atoms with E-state index < -0.39 is 6.61 Å². The summed E-state index contributed by atoms with van der Waals surface area (Å²) in [7, 11) is 1.88. The molecule has 1 aliphatic rings. The average molecular weight is 248 g/mol. The second-order valence-electron chi connectivity index (χ2n) is 3.86. The van der Waals surface area contributed by atoms with Gasteiger partial charge in [-0.2, -0.15) is 8.78 Å². The summed E-state index contributed by atoms with van der Waals surface area (Å²) in [4.78, 5) is 0. The number of alkyl halides is 2. The third-order valence-electron chi connectivity index (χ3n) is 2.93. The highest BCUT2D eigenvalue weighted by Gasteiger charge is 2.42. The van der Waals surface area contributed by atoms with Crippen molar-refractivity contribution in [3.63, 3.8) is 0 Å². The minimum atomic E-state index is -2.84. The fourth-order valence-corrected chi connectivity index (χ4v) is 2.02. The molecule has 0 saturated heterocycles. The fraction of sp³-hybridized carbons (Fsp3) is 0.455. The van der Waals surface area contributed by atoms with Crippen LogP contribution in [0.5, 0.6) is 5.75 Å². The largest absolute Gasteiger partial charge is 0.433 e. The lowest BCUT2D eigenvalue weighted by Gasteiger charge is -2.16. The summed E-state index contributed by atoms with van der Waals surface area (Å²) in [5.74, 6) is 0.0207. The molecule has 1 fully saturated rings. The van der Waals surface area contributed by atoms with Crippen molar-refractivity contribution >= 4 is 11.6 Å². The zero-order valence-electron chi connectivity index (χ0n) is 8.77. The predicted octanol–water partition coefficient (Wildman–Crippen LogP) is 3.15.